The fourth-order valence-electron chi connectivity index (χ4n) is 2.81. The Bertz CT molecular complexity index is 1220. The van der Waals surface area contributed by atoms with Crippen LogP contribution in [0.5, 0.6) is 0 Å². The summed E-state index contributed by atoms with van der Waals surface area (Å²) in [6, 6.07) is 12.6. The minimum atomic E-state index is -3.80. The fraction of sp³-hybridized carbons (Fsp3) is 0.150. The van der Waals surface area contributed by atoms with Crippen molar-refractivity contribution in [1.29, 1.82) is 0 Å². The molecular formula is C20H18N4O3S2. The molecule has 9 heteroatoms. The summed E-state index contributed by atoms with van der Waals surface area (Å²) in [7, 11) is -2.26. The SMILES string of the molecule is CCc1ccc(N(C)S(=O)(=O)c2ccsc2-c2nc(-c3cccnc3)no2)cc1. The van der Waals surface area contributed by atoms with Gasteiger partial charge in [-0.3, -0.25) is 9.29 Å². The molecule has 0 saturated carbocycles. The summed E-state index contributed by atoms with van der Waals surface area (Å²) in [6.07, 6.45) is 4.16. The number of benzene rings is 1. The van der Waals surface area contributed by atoms with Crippen LogP contribution >= 0.6 is 11.3 Å². The van der Waals surface area contributed by atoms with Crippen LogP contribution in [0.3, 0.4) is 0 Å². The molecule has 0 aliphatic carbocycles. The molecule has 3 heterocycles. The number of thiophene rings is 1. The van der Waals surface area contributed by atoms with E-state index in [4.69, 9.17) is 4.52 Å². The highest BCUT2D eigenvalue weighted by Gasteiger charge is 2.28. The van der Waals surface area contributed by atoms with Crippen molar-refractivity contribution in [3.8, 4) is 22.2 Å². The molecule has 0 amide bonds. The minimum absolute atomic E-state index is 0.131. The smallest absolute Gasteiger partial charge is 0.269 e. The zero-order valence-electron chi connectivity index (χ0n) is 15.8. The lowest BCUT2D eigenvalue weighted by molar-refractivity contribution is 0.432. The molecule has 4 rings (SSSR count). The van der Waals surface area contributed by atoms with Crippen molar-refractivity contribution in [3.05, 3.63) is 65.8 Å². The molecule has 0 saturated heterocycles. The van der Waals surface area contributed by atoms with Gasteiger partial charge in [0.2, 0.25) is 5.82 Å². The van der Waals surface area contributed by atoms with Crippen LogP contribution < -0.4 is 4.31 Å². The van der Waals surface area contributed by atoms with Crippen LogP contribution in [-0.4, -0.2) is 30.6 Å². The number of pyridine rings is 1. The van der Waals surface area contributed by atoms with Crippen molar-refractivity contribution >= 4 is 27.0 Å². The third-order valence-electron chi connectivity index (χ3n) is 4.52. The highest BCUT2D eigenvalue weighted by atomic mass is 32.2. The predicted molar refractivity (Wildman–Crippen MR) is 112 cm³/mol. The first-order valence-corrected chi connectivity index (χ1v) is 11.2. The summed E-state index contributed by atoms with van der Waals surface area (Å²) in [5.74, 6) is 0.514. The number of sulfonamides is 1. The molecule has 148 valence electrons. The van der Waals surface area contributed by atoms with Crippen LogP contribution in [0.1, 0.15) is 12.5 Å². The Kier molecular flexibility index (Phi) is 5.16. The Labute approximate surface area is 172 Å². The van der Waals surface area contributed by atoms with Gasteiger partial charge in [0.15, 0.2) is 0 Å². The second kappa shape index (κ2) is 7.76. The average molecular weight is 427 g/mol. The van der Waals surface area contributed by atoms with Gasteiger partial charge in [-0.05, 0) is 47.7 Å². The van der Waals surface area contributed by atoms with E-state index in [-0.39, 0.29) is 10.8 Å². The maximum Gasteiger partial charge on any atom is 0.269 e. The first-order valence-electron chi connectivity index (χ1n) is 8.90. The van der Waals surface area contributed by atoms with E-state index in [1.165, 1.54) is 22.7 Å². The van der Waals surface area contributed by atoms with Gasteiger partial charge in [-0.1, -0.05) is 24.2 Å². The summed E-state index contributed by atoms with van der Waals surface area (Å²) in [4.78, 5) is 8.94. The van der Waals surface area contributed by atoms with Gasteiger partial charge in [0.1, 0.15) is 9.77 Å². The van der Waals surface area contributed by atoms with E-state index in [1.807, 2.05) is 12.1 Å². The summed E-state index contributed by atoms with van der Waals surface area (Å²) in [5.41, 5.74) is 2.42. The van der Waals surface area contributed by atoms with E-state index in [0.29, 0.717) is 22.0 Å². The van der Waals surface area contributed by atoms with Crippen LogP contribution in [0.15, 0.2) is 69.7 Å². The van der Waals surface area contributed by atoms with Crippen molar-refractivity contribution < 1.29 is 12.9 Å². The zero-order valence-corrected chi connectivity index (χ0v) is 17.4. The van der Waals surface area contributed by atoms with Crippen molar-refractivity contribution in [1.82, 2.24) is 15.1 Å². The number of rotatable bonds is 6. The van der Waals surface area contributed by atoms with Gasteiger partial charge in [0.05, 0.1) is 5.69 Å². The van der Waals surface area contributed by atoms with Gasteiger partial charge in [0.25, 0.3) is 15.9 Å². The number of anilines is 1. The Balaban J connectivity index is 1.69. The third-order valence-corrected chi connectivity index (χ3v) is 7.38. The normalized spacial score (nSPS) is 11.5. The summed E-state index contributed by atoms with van der Waals surface area (Å²) < 4.78 is 33.1. The molecule has 0 N–H and O–H groups in total. The molecule has 0 atom stereocenters. The first-order chi connectivity index (χ1) is 14.0. The molecule has 0 radical (unpaired) electrons. The molecule has 0 aliphatic heterocycles. The van der Waals surface area contributed by atoms with Crippen molar-refractivity contribution in [2.24, 2.45) is 0 Å². The van der Waals surface area contributed by atoms with Crippen molar-refractivity contribution in [2.75, 3.05) is 11.4 Å². The third kappa shape index (κ3) is 3.66. The van der Waals surface area contributed by atoms with Gasteiger partial charge >= 0.3 is 0 Å². The maximum absolute atomic E-state index is 13.3. The first kappa shape index (κ1) is 19.3. The standard InChI is InChI=1S/C20H18N4O3S2/c1-3-14-6-8-16(9-7-14)24(2)29(25,26)17-10-12-28-18(17)20-22-19(23-27-20)15-5-4-11-21-13-15/h4-13H,3H2,1-2H3. The van der Waals surface area contributed by atoms with Gasteiger partial charge < -0.3 is 4.52 Å². The molecular weight excluding hydrogens is 408 g/mol. The molecule has 0 aliphatic rings. The van der Waals surface area contributed by atoms with Gasteiger partial charge in [0, 0.05) is 25.0 Å². The van der Waals surface area contributed by atoms with Gasteiger partial charge in [-0.25, -0.2) is 8.42 Å². The number of nitrogens with zero attached hydrogens (tertiary/aromatic N) is 4. The zero-order chi connectivity index (χ0) is 20.4. The predicted octanol–water partition coefficient (Wildman–Crippen LogP) is 4.25. The molecule has 29 heavy (non-hydrogen) atoms. The van der Waals surface area contributed by atoms with Crippen molar-refractivity contribution in [2.45, 2.75) is 18.2 Å². The molecule has 4 aromatic rings. The number of aromatic nitrogens is 3. The molecule has 3 aromatic heterocycles. The van der Waals surface area contributed by atoms with Crippen LogP contribution in [-0.2, 0) is 16.4 Å². The highest BCUT2D eigenvalue weighted by molar-refractivity contribution is 7.93. The Hall–Kier alpha value is -3.04. The van der Waals surface area contributed by atoms with Crippen LogP contribution in [0, 0.1) is 0 Å². The van der Waals surface area contributed by atoms with E-state index in [2.05, 4.69) is 22.0 Å². The Morgan fingerprint density at radius 2 is 1.93 bits per heavy atom. The summed E-state index contributed by atoms with van der Waals surface area (Å²) in [6.45, 7) is 2.05. The molecule has 1 aromatic carbocycles. The number of hydrogen-bond acceptors (Lipinski definition) is 7. The summed E-state index contributed by atoms with van der Waals surface area (Å²) in [5, 5.41) is 5.66. The largest absolute Gasteiger partial charge is 0.333 e. The highest BCUT2D eigenvalue weighted by Crippen LogP contribution is 2.35. The second-order valence-corrected chi connectivity index (χ2v) is 9.13. The van der Waals surface area contributed by atoms with Gasteiger partial charge in [-0.15, -0.1) is 11.3 Å². The quantitative estimate of drug-likeness (QED) is 0.458. The van der Waals surface area contributed by atoms with Gasteiger partial charge in [-0.2, -0.15) is 4.98 Å². The molecule has 0 fully saturated rings. The van der Waals surface area contributed by atoms with E-state index in [9.17, 15) is 8.42 Å². The van der Waals surface area contributed by atoms with E-state index in [0.717, 1.165) is 12.0 Å². The lowest BCUT2D eigenvalue weighted by atomic mass is 10.1. The number of hydrogen-bond donors (Lipinski definition) is 0. The monoisotopic (exact) mass is 426 g/mol. The van der Waals surface area contributed by atoms with E-state index >= 15 is 0 Å². The maximum atomic E-state index is 13.3. The topological polar surface area (TPSA) is 89.2 Å². The molecule has 7 nitrogen and oxygen atoms in total. The van der Waals surface area contributed by atoms with E-state index in [1.54, 1.807) is 48.1 Å². The van der Waals surface area contributed by atoms with Crippen LogP contribution in [0.25, 0.3) is 22.2 Å². The molecule has 0 bridgehead atoms. The lowest BCUT2D eigenvalue weighted by Crippen LogP contribution is -2.26. The molecule has 0 spiro atoms. The average Bonchev–Trinajstić information content (AvgIpc) is 3.43. The summed E-state index contributed by atoms with van der Waals surface area (Å²) >= 11 is 1.24. The number of aryl methyl sites for hydroxylation is 1. The van der Waals surface area contributed by atoms with Crippen LogP contribution in [0.2, 0.25) is 0 Å². The Morgan fingerprint density at radius 3 is 2.62 bits per heavy atom. The fourth-order valence-corrected chi connectivity index (χ4v) is 5.32. The Morgan fingerprint density at radius 1 is 1.14 bits per heavy atom. The molecule has 0 unspecified atom stereocenters. The second-order valence-electron chi connectivity index (χ2n) is 6.27. The van der Waals surface area contributed by atoms with Crippen LogP contribution in [0.4, 0.5) is 5.69 Å². The van der Waals surface area contributed by atoms with Crippen molar-refractivity contribution in [3.63, 3.8) is 0 Å². The van der Waals surface area contributed by atoms with E-state index < -0.39 is 10.0 Å². The minimum Gasteiger partial charge on any atom is -0.333 e. The lowest BCUT2D eigenvalue weighted by Gasteiger charge is -2.19.